The van der Waals surface area contributed by atoms with Gasteiger partial charge in [-0.2, -0.15) is 0 Å². The fourth-order valence-corrected chi connectivity index (χ4v) is 3.50. The zero-order valence-corrected chi connectivity index (χ0v) is 16.2. The smallest absolute Gasteiger partial charge is 0.237 e. The number of carbonyl (C=O) groups is 1. The molecule has 0 spiro atoms. The van der Waals surface area contributed by atoms with Crippen molar-refractivity contribution >= 4 is 23.4 Å². The number of nitrogens with zero attached hydrogens (tertiary/aromatic N) is 3. The molecule has 5 nitrogen and oxygen atoms in total. The molecule has 0 fully saturated rings. The van der Waals surface area contributed by atoms with Gasteiger partial charge in [0.05, 0.1) is 5.25 Å². The first-order valence-electron chi connectivity index (χ1n) is 8.72. The van der Waals surface area contributed by atoms with Gasteiger partial charge in [-0.3, -0.25) is 9.36 Å². The number of allylic oxidation sites excluding steroid dienone is 1. The summed E-state index contributed by atoms with van der Waals surface area (Å²) in [6.07, 6.45) is 1.81. The van der Waals surface area contributed by atoms with Gasteiger partial charge >= 0.3 is 0 Å². The Kier molecular flexibility index (Phi) is 6.08. The Labute approximate surface area is 163 Å². The first-order valence-corrected chi connectivity index (χ1v) is 9.60. The zero-order chi connectivity index (χ0) is 19.2. The van der Waals surface area contributed by atoms with Gasteiger partial charge in [0.2, 0.25) is 5.91 Å². The summed E-state index contributed by atoms with van der Waals surface area (Å²) in [5, 5.41) is 12.0. The molecular weight excluding hydrogens is 356 g/mol. The van der Waals surface area contributed by atoms with Crippen molar-refractivity contribution in [3.05, 3.63) is 72.8 Å². The van der Waals surface area contributed by atoms with Crippen LogP contribution in [0, 0.1) is 6.92 Å². The number of amides is 1. The molecule has 0 aliphatic rings. The minimum Gasteiger partial charge on any atom is -0.325 e. The van der Waals surface area contributed by atoms with E-state index < -0.39 is 0 Å². The highest BCUT2D eigenvalue weighted by molar-refractivity contribution is 8.00. The van der Waals surface area contributed by atoms with Crippen LogP contribution < -0.4 is 5.32 Å². The van der Waals surface area contributed by atoms with E-state index in [1.807, 2.05) is 66.9 Å². The number of para-hydroxylation sites is 1. The number of carbonyl (C=O) groups excluding carboxylic acids is 1. The average Bonchev–Trinajstić information content (AvgIpc) is 3.05. The monoisotopic (exact) mass is 378 g/mol. The summed E-state index contributed by atoms with van der Waals surface area (Å²) >= 11 is 1.39. The number of thioether (sulfide) groups is 1. The molecule has 3 aromatic rings. The molecule has 1 N–H and O–H groups in total. The summed E-state index contributed by atoms with van der Waals surface area (Å²) in [5.74, 6) is 0.702. The second-order valence-corrected chi connectivity index (χ2v) is 7.50. The molecule has 0 saturated carbocycles. The number of hydrogen-bond donors (Lipinski definition) is 1. The molecule has 138 valence electrons. The third kappa shape index (κ3) is 4.65. The lowest BCUT2D eigenvalue weighted by molar-refractivity contribution is -0.115. The van der Waals surface area contributed by atoms with E-state index in [1.165, 1.54) is 11.8 Å². The molecule has 0 radical (unpaired) electrons. The molecule has 0 aliphatic carbocycles. The van der Waals surface area contributed by atoms with Gasteiger partial charge in [-0.15, -0.1) is 16.8 Å². The fraction of sp³-hybridized carbons (Fsp3) is 0.190. The molecule has 1 atom stereocenters. The average molecular weight is 379 g/mol. The lowest BCUT2D eigenvalue weighted by atomic mass is 10.1. The minimum atomic E-state index is -0.316. The molecule has 1 amide bonds. The summed E-state index contributed by atoms with van der Waals surface area (Å²) in [4.78, 5) is 12.5. The molecule has 6 heteroatoms. The first-order chi connectivity index (χ1) is 13.1. The maximum Gasteiger partial charge on any atom is 0.237 e. The summed E-state index contributed by atoms with van der Waals surface area (Å²) in [5.41, 5.74) is 2.94. The molecule has 27 heavy (non-hydrogen) atoms. The Bertz CT molecular complexity index is 936. The van der Waals surface area contributed by atoms with Gasteiger partial charge < -0.3 is 5.32 Å². The number of aryl methyl sites for hydroxylation is 1. The molecule has 1 heterocycles. The Morgan fingerprint density at radius 1 is 1.22 bits per heavy atom. The van der Waals surface area contributed by atoms with Crippen LogP contribution in [-0.4, -0.2) is 25.9 Å². The van der Waals surface area contributed by atoms with E-state index in [2.05, 4.69) is 28.2 Å². The van der Waals surface area contributed by atoms with Gasteiger partial charge in [0, 0.05) is 17.8 Å². The number of hydrogen-bond acceptors (Lipinski definition) is 4. The van der Waals surface area contributed by atoms with Crippen molar-refractivity contribution in [3.8, 4) is 11.4 Å². The zero-order valence-electron chi connectivity index (χ0n) is 15.4. The van der Waals surface area contributed by atoms with Crippen molar-refractivity contribution < 1.29 is 4.79 Å². The van der Waals surface area contributed by atoms with Crippen molar-refractivity contribution in [3.63, 3.8) is 0 Å². The largest absolute Gasteiger partial charge is 0.325 e. The molecule has 0 saturated heterocycles. The Morgan fingerprint density at radius 3 is 2.70 bits per heavy atom. The molecule has 1 aromatic heterocycles. The van der Waals surface area contributed by atoms with Crippen molar-refractivity contribution in [1.29, 1.82) is 0 Å². The maximum absolute atomic E-state index is 12.5. The predicted molar refractivity (Wildman–Crippen MR) is 111 cm³/mol. The molecule has 0 bridgehead atoms. The predicted octanol–water partition coefficient (Wildman–Crippen LogP) is 4.56. The van der Waals surface area contributed by atoms with Crippen LogP contribution in [0.5, 0.6) is 0 Å². The Morgan fingerprint density at radius 2 is 2.00 bits per heavy atom. The standard InChI is InChI=1S/C21H22N4OS/c1-4-13-25-19(17-10-8-9-15(2)14-17)23-24-21(25)27-16(3)20(26)22-18-11-6-5-7-12-18/h4-12,14,16H,1,13H2,2-3H3,(H,22,26). The van der Waals surface area contributed by atoms with Gasteiger partial charge in [0.25, 0.3) is 0 Å². The van der Waals surface area contributed by atoms with Crippen LogP contribution in [0.3, 0.4) is 0 Å². The van der Waals surface area contributed by atoms with Crippen LogP contribution in [0.4, 0.5) is 5.69 Å². The van der Waals surface area contributed by atoms with Crippen molar-refractivity contribution in [2.45, 2.75) is 30.8 Å². The minimum absolute atomic E-state index is 0.0727. The third-order valence-corrected chi connectivity index (χ3v) is 5.08. The summed E-state index contributed by atoms with van der Waals surface area (Å²) in [6.45, 7) is 8.32. The van der Waals surface area contributed by atoms with Crippen LogP contribution in [0.2, 0.25) is 0 Å². The highest BCUT2D eigenvalue weighted by Crippen LogP contribution is 2.28. The van der Waals surface area contributed by atoms with Crippen LogP contribution in [0.1, 0.15) is 12.5 Å². The van der Waals surface area contributed by atoms with Gasteiger partial charge in [-0.1, -0.05) is 59.8 Å². The summed E-state index contributed by atoms with van der Waals surface area (Å²) in [7, 11) is 0. The number of anilines is 1. The number of benzene rings is 2. The normalized spacial score (nSPS) is 11.8. The molecule has 0 aliphatic heterocycles. The second kappa shape index (κ2) is 8.68. The summed E-state index contributed by atoms with van der Waals surface area (Å²) in [6, 6.07) is 17.6. The number of aromatic nitrogens is 3. The highest BCUT2D eigenvalue weighted by atomic mass is 32.2. The Hall–Kier alpha value is -2.86. The lowest BCUT2D eigenvalue weighted by Gasteiger charge is -2.13. The van der Waals surface area contributed by atoms with Crippen molar-refractivity contribution in [2.75, 3.05) is 5.32 Å². The fourth-order valence-electron chi connectivity index (χ4n) is 2.64. The quantitative estimate of drug-likeness (QED) is 0.484. The Balaban J connectivity index is 1.80. The van der Waals surface area contributed by atoms with Crippen molar-refractivity contribution in [2.24, 2.45) is 0 Å². The van der Waals surface area contributed by atoms with E-state index in [0.29, 0.717) is 11.7 Å². The van der Waals surface area contributed by atoms with Gasteiger partial charge in [-0.25, -0.2) is 0 Å². The topological polar surface area (TPSA) is 59.8 Å². The van der Waals surface area contributed by atoms with E-state index in [0.717, 1.165) is 22.6 Å². The highest BCUT2D eigenvalue weighted by Gasteiger charge is 2.20. The van der Waals surface area contributed by atoms with Crippen LogP contribution >= 0.6 is 11.8 Å². The van der Waals surface area contributed by atoms with Gasteiger partial charge in [0.1, 0.15) is 0 Å². The molecular formula is C21H22N4OS. The third-order valence-electron chi connectivity index (χ3n) is 4.00. The van der Waals surface area contributed by atoms with E-state index in [-0.39, 0.29) is 11.2 Å². The van der Waals surface area contributed by atoms with Gasteiger partial charge in [-0.05, 0) is 32.0 Å². The lowest BCUT2D eigenvalue weighted by Crippen LogP contribution is -2.22. The molecule has 3 rings (SSSR count). The number of rotatable bonds is 7. The molecule has 1 unspecified atom stereocenters. The first kappa shape index (κ1) is 18.9. The van der Waals surface area contributed by atoms with E-state index in [1.54, 1.807) is 6.08 Å². The van der Waals surface area contributed by atoms with Gasteiger partial charge in [0.15, 0.2) is 11.0 Å². The second-order valence-electron chi connectivity index (χ2n) is 6.19. The number of nitrogens with one attached hydrogen (secondary N) is 1. The SMILES string of the molecule is C=CCn1c(SC(C)C(=O)Nc2ccccc2)nnc1-c1cccc(C)c1. The van der Waals surface area contributed by atoms with Crippen LogP contribution in [0.25, 0.3) is 11.4 Å². The van der Waals surface area contributed by atoms with Crippen molar-refractivity contribution in [1.82, 2.24) is 14.8 Å². The van der Waals surface area contributed by atoms with E-state index in [4.69, 9.17) is 0 Å². The van der Waals surface area contributed by atoms with E-state index >= 15 is 0 Å². The van der Waals surface area contributed by atoms with E-state index in [9.17, 15) is 4.79 Å². The van der Waals surface area contributed by atoms with Crippen LogP contribution in [0.15, 0.2) is 72.4 Å². The van der Waals surface area contributed by atoms with Crippen LogP contribution in [-0.2, 0) is 11.3 Å². The summed E-state index contributed by atoms with van der Waals surface area (Å²) < 4.78 is 1.98. The molecule has 2 aromatic carbocycles. The maximum atomic E-state index is 12.5.